The van der Waals surface area contributed by atoms with Gasteiger partial charge in [-0.1, -0.05) is 295 Å². The molecule has 0 heterocycles. The van der Waals surface area contributed by atoms with E-state index >= 15 is 0 Å². The second-order valence-corrected chi connectivity index (χ2v) is 23.7. The minimum atomic E-state index is -1.64. The highest BCUT2D eigenvalue weighted by Gasteiger charge is 2.22. The van der Waals surface area contributed by atoms with Crippen molar-refractivity contribution in [3.8, 4) is 0 Å². The third-order valence-corrected chi connectivity index (χ3v) is 14.4. The normalized spacial score (nSPS) is 13.6. The number of allylic oxidation sites excluding steroid dienone is 24. The molecule has 0 radical (unpaired) electrons. The smallest absolute Gasteiger partial charge is 0.306 e. The van der Waals surface area contributed by atoms with Gasteiger partial charge in [0.25, 0.3) is 0 Å². The maximum absolute atomic E-state index is 12.9. The number of carbonyl (C=O) groups is 3. The van der Waals surface area contributed by atoms with Gasteiger partial charge in [-0.3, -0.25) is 9.59 Å². The standard InChI is InChI=1S/C77H127NO8/c1-6-8-10-12-14-16-18-20-22-24-26-28-30-31-32-33-34-35-36-37-38-39-40-41-42-43-44-45-46-48-50-52-54-56-58-60-62-64-66-68-75(80)86-73(72-85-77(76(81)82)83-70-69-78(3,4)5)71-84-74(79)67-65-63-61-59-57-55-53-51-49-47-29-27-25-23-21-19-17-15-13-11-9-7-2/h8,10,14,16,20,22,26,28,31-32,34-35,37-38,40-41,43-44,46,48,52,54,58,60,73,77H,6-7,9,11-13,15,17-19,21,23-25,27,29-30,33,36,39,42,45,47,49-51,53,55-57,59,61-72H2,1-5H3/b10-8-,16-14-,22-20-,28-26-,32-31-,35-34-,38-37-,41-40-,44-43-,48-46-,54-52-,60-58-. The molecular weight excluding hydrogens is 1070 g/mol. The van der Waals surface area contributed by atoms with Crippen LogP contribution in [0.1, 0.15) is 264 Å². The van der Waals surface area contributed by atoms with Crippen LogP contribution in [0, 0.1) is 0 Å². The van der Waals surface area contributed by atoms with Crippen molar-refractivity contribution in [2.24, 2.45) is 0 Å². The molecule has 9 nitrogen and oxygen atoms in total. The van der Waals surface area contributed by atoms with Gasteiger partial charge in [-0.05, 0) is 103 Å². The van der Waals surface area contributed by atoms with Crippen molar-refractivity contribution in [1.29, 1.82) is 0 Å². The molecule has 488 valence electrons. The van der Waals surface area contributed by atoms with E-state index in [-0.39, 0.29) is 38.6 Å². The molecule has 0 bridgehead atoms. The van der Waals surface area contributed by atoms with Crippen LogP contribution in [0.15, 0.2) is 146 Å². The highest BCUT2D eigenvalue weighted by Crippen LogP contribution is 2.17. The molecule has 0 aromatic carbocycles. The summed E-state index contributed by atoms with van der Waals surface area (Å²) in [5.74, 6) is -2.35. The van der Waals surface area contributed by atoms with E-state index in [0.29, 0.717) is 17.4 Å². The molecule has 0 saturated heterocycles. The lowest BCUT2D eigenvalue weighted by molar-refractivity contribution is -0.870. The average molecular weight is 1190 g/mol. The Labute approximate surface area is 528 Å². The van der Waals surface area contributed by atoms with Crippen molar-refractivity contribution in [2.75, 3.05) is 47.5 Å². The number of aliphatic carboxylic acids is 1. The summed E-state index contributed by atoms with van der Waals surface area (Å²) in [7, 11) is 5.91. The number of carboxylic acids is 1. The van der Waals surface area contributed by atoms with Gasteiger partial charge in [0.15, 0.2) is 12.4 Å². The van der Waals surface area contributed by atoms with Crippen molar-refractivity contribution in [3.05, 3.63) is 146 Å². The Morgan fingerprint density at radius 2 is 0.663 bits per heavy atom. The average Bonchev–Trinajstić information content (AvgIpc) is 3.63. The van der Waals surface area contributed by atoms with Gasteiger partial charge < -0.3 is 33.3 Å². The van der Waals surface area contributed by atoms with Gasteiger partial charge in [-0.15, -0.1) is 0 Å². The van der Waals surface area contributed by atoms with Crippen LogP contribution in [-0.4, -0.2) is 82.3 Å². The molecular formula is C77H127NO8. The summed E-state index contributed by atoms with van der Waals surface area (Å²) in [4.78, 5) is 37.4. The number of hydrogen-bond acceptors (Lipinski definition) is 8. The molecule has 0 aromatic heterocycles. The quantitative estimate of drug-likeness (QED) is 0.0195. The van der Waals surface area contributed by atoms with E-state index in [9.17, 15) is 19.5 Å². The molecule has 0 saturated carbocycles. The SMILES string of the molecule is CC/C=C\C/C=C\C/C=C\C/C=C\C/C=C\C/C=C\C/C=C\C/C=C\C/C=C\C/C=C\C/C=C\C/C=C\CCCCC(=O)OC(COC(=O)CCCCCCCCCCCCCCCCCCCCCCCC)COC(OCC[N+](C)(C)C)C(=O)[O-]. The van der Waals surface area contributed by atoms with Crippen LogP contribution in [0.25, 0.3) is 0 Å². The predicted molar refractivity (Wildman–Crippen MR) is 366 cm³/mol. The number of likely N-dealkylation sites (N-methyl/N-ethyl adjacent to an activating group) is 1. The second kappa shape index (κ2) is 66.1. The highest BCUT2D eigenvalue weighted by molar-refractivity contribution is 5.70. The number of rotatable bonds is 62. The van der Waals surface area contributed by atoms with E-state index in [0.717, 1.165) is 109 Å². The lowest BCUT2D eigenvalue weighted by Gasteiger charge is -2.26. The third kappa shape index (κ3) is 66.7. The summed E-state index contributed by atoms with van der Waals surface area (Å²) >= 11 is 0. The molecule has 2 unspecified atom stereocenters. The molecule has 0 aliphatic carbocycles. The third-order valence-electron chi connectivity index (χ3n) is 14.4. The Hall–Kier alpha value is -4.83. The molecule has 0 N–H and O–H groups in total. The molecule has 0 fully saturated rings. The van der Waals surface area contributed by atoms with Gasteiger partial charge in [-0.25, -0.2) is 0 Å². The Morgan fingerprint density at radius 3 is 0.988 bits per heavy atom. The summed E-state index contributed by atoms with van der Waals surface area (Å²) in [6.45, 7) is 4.59. The van der Waals surface area contributed by atoms with E-state index in [4.69, 9.17) is 18.9 Å². The number of quaternary nitrogens is 1. The Balaban J connectivity index is 4.27. The summed E-state index contributed by atoms with van der Waals surface area (Å²) in [6.07, 6.45) is 93.6. The fourth-order valence-corrected chi connectivity index (χ4v) is 9.11. The van der Waals surface area contributed by atoms with Gasteiger partial charge >= 0.3 is 11.9 Å². The van der Waals surface area contributed by atoms with Crippen LogP contribution in [0.4, 0.5) is 0 Å². The molecule has 9 heteroatoms. The van der Waals surface area contributed by atoms with E-state index in [1.54, 1.807) is 0 Å². The Kier molecular flexibility index (Phi) is 62.4. The van der Waals surface area contributed by atoms with Crippen molar-refractivity contribution >= 4 is 17.9 Å². The first-order chi connectivity index (χ1) is 42.1. The van der Waals surface area contributed by atoms with E-state index in [1.807, 2.05) is 21.1 Å². The maximum Gasteiger partial charge on any atom is 0.306 e. The maximum atomic E-state index is 12.9. The molecule has 0 spiro atoms. The number of esters is 2. The minimum Gasteiger partial charge on any atom is -0.545 e. The molecule has 0 amide bonds. The fraction of sp³-hybridized carbons (Fsp3) is 0.649. The van der Waals surface area contributed by atoms with Crippen molar-refractivity contribution in [3.63, 3.8) is 0 Å². The molecule has 0 aromatic rings. The molecule has 86 heavy (non-hydrogen) atoms. The zero-order valence-corrected chi connectivity index (χ0v) is 55.6. The van der Waals surface area contributed by atoms with Crippen LogP contribution in [0.5, 0.6) is 0 Å². The highest BCUT2D eigenvalue weighted by atomic mass is 16.7. The Morgan fingerprint density at radius 1 is 0.360 bits per heavy atom. The van der Waals surface area contributed by atoms with Crippen molar-refractivity contribution < 1.29 is 42.9 Å². The van der Waals surface area contributed by atoms with Crippen LogP contribution >= 0.6 is 0 Å². The van der Waals surface area contributed by atoms with Crippen LogP contribution in [-0.2, 0) is 33.3 Å². The second-order valence-electron chi connectivity index (χ2n) is 23.7. The van der Waals surface area contributed by atoms with Crippen LogP contribution in [0.3, 0.4) is 0 Å². The topological polar surface area (TPSA) is 111 Å². The van der Waals surface area contributed by atoms with Gasteiger partial charge in [0.2, 0.25) is 0 Å². The number of unbranched alkanes of at least 4 members (excludes halogenated alkanes) is 23. The van der Waals surface area contributed by atoms with Gasteiger partial charge in [0.05, 0.1) is 40.3 Å². The first-order valence-electron chi connectivity index (χ1n) is 34.5. The van der Waals surface area contributed by atoms with Crippen LogP contribution < -0.4 is 5.11 Å². The minimum absolute atomic E-state index is 0.133. The number of carbonyl (C=O) groups excluding carboxylic acids is 3. The molecule has 2 atom stereocenters. The monoisotopic (exact) mass is 1190 g/mol. The summed E-state index contributed by atoms with van der Waals surface area (Å²) < 4.78 is 22.7. The van der Waals surface area contributed by atoms with E-state index < -0.39 is 24.3 Å². The predicted octanol–water partition coefficient (Wildman–Crippen LogP) is 20.2. The number of carboxylic acid groups (broad SMARTS) is 1. The van der Waals surface area contributed by atoms with Crippen molar-refractivity contribution in [2.45, 2.75) is 277 Å². The fourth-order valence-electron chi connectivity index (χ4n) is 9.11. The first kappa shape index (κ1) is 81.2. The van der Waals surface area contributed by atoms with E-state index in [2.05, 4.69) is 160 Å². The molecule has 0 aliphatic rings. The zero-order chi connectivity index (χ0) is 62.6. The lowest BCUT2D eigenvalue weighted by Crippen LogP contribution is -2.44. The zero-order valence-electron chi connectivity index (χ0n) is 55.6. The molecule has 0 aliphatic heterocycles. The van der Waals surface area contributed by atoms with Gasteiger partial charge in [-0.2, -0.15) is 0 Å². The number of nitrogens with zero attached hydrogens (tertiary/aromatic N) is 1. The van der Waals surface area contributed by atoms with Crippen molar-refractivity contribution in [1.82, 2.24) is 0 Å². The largest absolute Gasteiger partial charge is 0.545 e. The first-order valence-corrected chi connectivity index (χ1v) is 34.5. The molecule has 0 rings (SSSR count). The Bertz CT molecular complexity index is 1920. The number of ether oxygens (including phenoxy) is 4. The van der Waals surface area contributed by atoms with E-state index in [1.165, 1.54) is 122 Å². The summed E-state index contributed by atoms with van der Waals surface area (Å²) in [5.41, 5.74) is 0. The number of hydrogen-bond donors (Lipinski definition) is 0. The summed E-state index contributed by atoms with van der Waals surface area (Å²) in [5, 5.41) is 11.8. The van der Waals surface area contributed by atoms with Gasteiger partial charge in [0, 0.05) is 12.8 Å². The van der Waals surface area contributed by atoms with Gasteiger partial charge in [0.1, 0.15) is 13.2 Å². The van der Waals surface area contributed by atoms with Crippen LogP contribution in [0.2, 0.25) is 0 Å². The lowest BCUT2D eigenvalue weighted by atomic mass is 10.0. The summed E-state index contributed by atoms with van der Waals surface area (Å²) in [6, 6.07) is 0.